The number of rotatable bonds is 7. The average Bonchev–Trinajstić information content (AvgIpc) is 2.84. The first-order valence-corrected chi connectivity index (χ1v) is 12.4. The van der Waals surface area contributed by atoms with E-state index in [1.165, 1.54) is 16.7 Å². The summed E-state index contributed by atoms with van der Waals surface area (Å²) in [5.41, 5.74) is 7.67. The van der Waals surface area contributed by atoms with Gasteiger partial charge in [-0.05, 0) is 62.7 Å². The molecule has 9 nitrogen and oxygen atoms in total. The highest BCUT2D eigenvalue weighted by Crippen LogP contribution is 2.20. The minimum atomic E-state index is -3.91. The van der Waals surface area contributed by atoms with Gasteiger partial charge >= 0.3 is 0 Å². The van der Waals surface area contributed by atoms with Crippen molar-refractivity contribution in [1.82, 2.24) is 15.0 Å². The van der Waals surface area contributed by atoms with Gasteiger partial charge in [-0.15, -0.1) is 0 Å². The molecule has 35 heavy (non-hydrogen) atoms. The van der Waals surface area contributed by atoms with Crippen LogP contribution in [0.5, 0.6) is 0 Å². The Morgan fingerprint density at radius 1 is 1.00 bits per heavy atom. The third kappa shape index (κ3) is 5.02. The lowest BCUT2D eigenvalue weighted by Gasteiger charge is -2.15. The zero-order valence-corrected chi connectivity index (χ0v) is 20.3. The van der Waals surface area contributed by atoms with E-state index in [1.54, 1.807) is 68.4 Å². The second kappa shape index (κ2) is 9.59. The Bertz CT molecular complexity index is 1580. The molecule has 180 valence electrons. The quantitative estimate of drug-likeness (QED) is 0.340. The van der Waals surface area contributed by atoms with E-state index < -0.39 is 15.9 Å². The highest BCUT2D eigenvalue weighted by Gasteiger charge is 2.19. The molecule has 1 aromatic heterocycles. The molecule has 0 fully saturated rings. The van der Waals surface area contributed by atoms with Gasteiger partial charge in [-0.1, -0.05) is 35.9 Å². The van der Waals surface area contributed by atoms with Crippen LogP contribution in [-0.4, -0.2) is 23.9 Å². The van der Waals surface area contributed by atoms with Crippen molar-refractivity contribution in [2.45, 2.75) is 32.2 Å². The Balaban J connectivity index is 1.58. The molecule has 3 N–H and O–H groups in total. The minimum Gasteiger partial charge on any atom is -0.280 e. The van der Waals surface area contributed by atoms with E-state index in [2.05, 4.69) is 20.6 Å². The van der Waals surface area contributed by atoms with Crippen molar-refractivity contribution in [1.29, 1.82) is 0 Å². The maximum Gasteiger partial charge on any atom is 0.270 e. The summed E-state index contributed by atoms with van der Waals surface area (Å²) in [7, 11) is -3.91. The van der Waals surface area contributed by atoms with Gasteiger partial charge < -0.3 is 0 Å². The fourth-order valence-corrected chi connectivity index (χ4v) is 4.67. The monoisotopic (exact) mass is 491 g/mol. The molecule has 0 spiro atoms. The molecule has 0 bridgehead atoms. The van der Waals surface area contributed by atoms with Gasteiger partial charge in [0.1, 0.15) is 0 Å². The maximum absolute atomic E-state index is 13.0. The van der Waals surface area contributed by atoms with Crippen molar-refractivity contribution in [3.8, 4) is 0 Å². The van der Waals surface area contributed by atoms with Crippen LogP contribution in [0.2, 0.25) is 0 Å². The number of nitrogens with zero attached hydrogens (tertiary/aromatic N) is 2. The number of aromatic nitrogens is 2. The van der Waals surface area contributed by atoms with Gasteiger partial charge in [-0.3, -0.25) is 29.7 Å². The summed E-state index contributed by atoms with van der Waals surface area (Å²) in [4.78, 5) is 30.1. The number of hydrogen-bond acceptors (Lipinski definition) is 6. The molecule has 0 saturated carbocycles. The number of para-hydroxylation sites is 1. The molecular weight excluding hydrogens is 466 g/mol. The fraction of sp³-hybridized carbons (Fsp3) is 0.160. The second-order valence-corrected chi connectivity index (χ2v) is 9.71. The van der Waals surface area contributed by atoms with Crippen molar-refractivity contribution in [2.24, 2.45) is 0 Å². The highest BCUT2D eigenvalue weighted by atomic mass is 32.2. The van der Waals surface area contributed by atoms with Crippen molar-refractivity contribution in [3.63, 3.8) is 0 Å². The molecule has 0 saturated heterocycles. The van der Waals surface area contributed by atoms with Gasteiger partial charge in [-0.25, -0.2) is 13.4 Å². The second-order valence-electron chi connectivity index (χ2n) is 8.03. The standard InChI is InChI=1S/C25H25N5O4S/c1-4-30-24(32)20-7-5-6-8-22(20)26-25(30)28-27-23(31)21-15-19(14-11-17(21)3)35(33,34)29-18-12-9-16(2)10-13-18/h5-15,29H,4H2,1-3H3,(H,26,28)(H,27,31). The number of carbonyl (C=O) groups excluding carboxylic acids is 1. The lowest BCUT2D eigenvalue weighted by atomic mass is 10.1. The van der Waals surface area contributed by atoms with Gasteiger partial charge in [-0.2, -0.15) is 0 Å². The summed E-state index contributed by atoms with van der Waals surface area (Å²) < 4.78 is 29.7. The molecule has 0 aliphatic heterocycles. The van der Waals surface area contributed by atoms with Crippen LogP contribution in [0.15, 0.2) is 76.4 Å². The van der Waals surface area contributed by atoms with E-state index in [0.29, 0.717) is 28.7 Å². The molecule has 0 unspecified atom stereocenters. The highest BCUT2D eigenvalue weighted by molar-refractivity contribution is 7.92. The maximum atomic E-state index is 13.0. The van der Waals surface area contributed by atoms with Gasteiger partial charge in [0.15, 0.2) is 0 Å². The van der Waals surface area contributed by atoms with E-state index in [-0.39, 0.29) is 22.0 Å². The van der Waals surface area contributed by atoms with Gasteiger partial charge in [0, 0.05) is 17.8 Å². The summed E-state index contributed by atoms with van der Waals surface area (Å²) in [6.07, 6.45) is 0. The van der Waals surface area contributed by atoms with Crippen LogP contribution in [0.1, 0.15) is 28.4 Å². The van der Waals surface area contributed by atoms with Crippen LogP contribution < -0.4 is 21.1 Å². The number of nitrogens with one attached hydrogen (secondary N) is 3. The number of anilines is 2. The molecular formula is C25H25N5O4S. The van der Waals surface area contributed by atoms with Gasteiger partial charge in [0.05, 0.1) is 15.8 Å². The van der Waals surface area contributed by atoms with E-state index in [1.807, 2.05) is 6.92 Å². The Morgan fingerprint density at radius 2 is 1.71 bits per heavy atom. The fourth-order valence-electron chi connectivity index (χ4n) is 3.59. The predicted molar refractivity (Wildman–Crippen MR) is 136 cm³/mol. The van der Waals surface area contributed by atoms with Crippen LogP contribution >= 0.6 is 0 Å². The molecule has 3 aromatic carbocycles. The minimum absolute atomic E-state index is 0.0527. The molecule has 0 aliphatic carbocycles. The van der Waals surface area contributed by atoms with Crippen LogP contribution in [0.4, 0.5) is 11.6 Å². The van der Waals surface area contributed by atoms with Crippen LogP contribution in [-0.2, 0) is 16.6 Å². The Labute approximate surface area is 202 Å². The van der Waals surface area contributed by atoms with Crippen LogP contribution in [0, 0.1) is 13.8 Å². The van der Waals surface area contributed by atoms with Crippen molar-refractivity contribution in [2.75, 3.05) is 10.1 Å². The summed E-state index contributed by atoms with van der Waals surface area (Å²) in [5.74, 6) is -0.396. The molecule has 4 aromatic rings. The number of hydrazine groups is 1. The molecule has 10 heteroatoms. The zero-order valence-electron chi connectivity index (χ0n) is 19.5. The third-order valence-corrected chi connectivity index (χ3v) is 6.91. The Morgan fingerprint density at radius 3 is 2.43 bits per heavy atom. The predicted octanol–water partition coefficient (Wildman–Crippen LogP) is 3.59. The van der Waals surface area contributed by atoms with E-state index in [0.717, 1.165) is 5.56 Å². The van der Waals surface area contributed by atoms with Gasteiger partial charge in [0.25, 0.3) is 21.5 Å². The topological polar surface area (TPSA) is 122 Å². The number of carbonyl (C=O) groups is 1. The van der Waals surface area contributed by atoms with E-state index >= 15 is 0 Å². The number of fused-ring (bicyclic) bond motifs is 1. The van der Waals surface area contributed by atoms with Crippen LogP contribution in [0.3, 0.4) is 0 Å². The molecule has 0 aliphatic rings. The molecule has 0 atom stereocenters. The smallest absolute Gasteiger partial charge is 0.270 e. The number of hydrogen-bond donors (Lipinski definition) is 3. The van der Waals surface area contributed by atoms with Crippen molar-refractivity contribution < 1.29 is 13.2 Å². The molecule has 1 amide bonds. The largest absolute Gasteiger partial charge is 0.280 e. The Hall–Kier alpha value is -4.18. The molecule has 1 heterocycles. The number of benzene rings is 3. The van der Waals surface area contributed by atoms with E-state index in [4.69, 9.17) is 0 Å². The normalized spacial score (nSPS) is 11.3. The first-order chi connectivity index (χ1) is 16.7. The summed E-state index contributed by atoms with van der Waals surface area (Å²) in [5, 5.41) is 0.473. The molecule has 0 radical (unpaired) electrons. The number of amides is 1. The van der Waals surface area contributed by atoms with E-state index in [9.17, 15) is 18.0 Å². The summed E-state index contributed by atoms with van der Waals surface area (Å²) >= 11 is 0. The number of aryl methyl sites for hydroxylation is 2. The van der Waals surface area contributed by atoms with Crippen molar-refractivity contribution in [3.05, 3.63) is 93.8 Å². The van der Waals surface area contributed by atoms with Gasteiger partial charge in [0.2, 0.25) is 5.95 Å². The summed E-state index contributed by atoms with van der Waals surface area (Å²) in [6, 6.07) is 18.2. The first-order valence-electron chi connectivity index (χ1n) is 11.0. The van der Waals surface area contributed by atoms with Crippen molar-refractivity contribution >= 4 is 38.5 Å². The number of sulfonamides is 1. The first kappa shape index (κ1) is 24.0. The van der Waals surface area contributed by atoms with Crippen LogP contribution in [0.25, 0.3) is 10.9 Å². The third-order valence-electron chi connectivity index (χ3n) is 5.53. The Kier molecular flexibility index (Phi) is 6.57. The SMILES string of the molecule is CCn1c(NNC(=O)c2cc(S(=O)(=O)Nc3ccc(C)cc3)ccc2C)nc2ccccc2c1=O. The zero-order chi connectivity index (χ0) is 25.2. The lowest BCUT2D eigenvalue weighted by Crippen LogP contribution is -2.34. The molecule has 4 rings (SSSR count). The lowest BCUT2D eigenvalue weighted by molar-refractivity contribution is 0.0961. The summed E-state index contributed by atoms with van der Waals surface area (Å²) in [6.45, 7) is 5.75. The average molecular weight is 492 g/mol.